The molecule has 112 valence electrons. The van der Waals surface area contributed by atoms with Crippen LogP contribution in [-0.4, -0.2) is 75.2 Å². The molecule has 3 unspecified atom stereocenters. The van der Waals surface area contributed by atoms with Gasteiger partial charge in [-0.15, -0.1) is 24.0 Å². The Labute approximate surface area is 134 Å². The Balaban J connectivity index is 0.00000180. The first-order valence-electron chi connectivity index (χ1n) is 6.96. The molecule has 1 saturated heterocycles. The van der Waals surface area contributed by atoms with Gasteiger partial charge in [-0.1, -0.05) is 6.92 Å². The second-order valence-electron chi connectivity index (χ2n) is 5.81. The Kier molecular flexibility index (Phi) is 6.82. The van der Waals surface area contributed by atoms with Crippen molar-refractivity contribution >= 4 is 29.9 Å². The Morgan fingerprint density at radius 2 is 2.00 bits per heavy atom. The third kappa shape index (κ3) is 5.07. The quantitative estimate of drug-likeness (QED) is 0.423. The van der Waals surface area contributed by atoms with Gasteiger partial charge in [-0.3, -0.25) is 9.89 Å². The molecule has 0 amide bonds. The van der Waals surface area contributed by atoms with Crippen molar-refractivity contribution in [2.75, 3.05) is 47.3 Å². The van der Waals surface area contributed by atoms with Crippen LogP contribution in [0.1, 0.15) is 13.3 Å². The number of rotatable bonds is 3. The van der Waals surface area contributed by atoms with E-state index in [1.54, 1.807) is 0 Å². The van der Waals surface area contributed by atoms with Gasteiger partial charge in [0.25, 0.3) is 0 Å². The Morgan fingerprint density at radius 3 is 2.58 bits per heavy atom. The first kappa shape index (κ1) is 17.0. The van der Waals surface area contributed by atoms with E-state index in [0.29, 0.717) is 12.1 Å². The minimum Gasteiger partial charge on any atom is -0.355 e. The Hall–Kier alpha value is -0.0800. The van der Waals surface area contributed by atoms with E-state index in [1.807, 2.05) is 7.05 Å². The van der Waals surface area contributed by atoms with E-state index in [9.17, 15) is 0 Å². The molecule has 5 nitrogen and oxygen atoms in total. The molecule has 0 aromatic rings. The molecular formula is C13H28IN5. The Morgan fingerprint density at radius 1 is 1.32 bits per heavy atom. The Bertz CT molecular complexity index is 309. The zero-order chi connectivity index (χ0) is 13.1. The van der Waals surface area contributed by atoms with E-state index in [-0.39, 0.29) is 24.0 Å². The summed E-state index contributed by atoms with van der Waals surface area (Å²) in [6.45, 7) is 6.67. The van der Waals surface area contributed by atoms with Gasteiger partial charge in [0, 0.05) is 45.3 Å². The van der Waals surface area contributed by atoms with Crippen molar-refractivity contribution in [1.29, 1.82) is 0 Å². The van der Waals surface area contributed by atoms with E-state index in [1.165, 1.54) is 13.0 Å². The lowest BCUT2D eigenvalue weighted by molar-refractivity contribution is 0.116. The average Bonchev–Trinajstić information content (AvgIpc) is 3.04. The van der Waals surface area contributed by atoms with Gasteiger partial charge >= 0.3 is 0 Å². The number of guanidine groups is 1. The maximum absolute atomic E-state index is 4.29. The van der Waals surface area contributed by atoms with Gasteiger partial charge in [0.05, 0.1) is 0 Å². The van der Waals surface area contributed by atoms with Crippen LogP contribution in [0.3, 0.4) is 0 Å². The molecule has 19 heavy (non-hydrogen) atoms. The summed E-state index contributed by atoms with van der Waals surface area (Å²) in [4.78, 5) is 9.12. The summed E-state index contributed by atoms with van der Waals surface area (Å²) < 4.78 is 0. The predicted molar refractivity (Wildman–Crippen MR) is 91.4 cm³/mol. The fourth-order valence-corrected chi connectivity index (χ4v) is 2.43. The highest BCUT2D eigenvalue weighted by molar-refractivity contribution is 14.0. The van der Waals surface area contributed by atoms with Gasteiger partial charge in [0.1, 0.15) is 0 Å². The largest absolute Gasteiger partial charge is 0.355 e. The molecule has 1 saturated carbocycles. The SMILES string of the molecule is CN=C(NCC1CN(C)CCN1C)NC1CC1C.I. The highest BCUT2D eigenvalue weighted by Gasteiger charge is 2.33. The minimum atomic E-state index is 0. The zero-order valence-corrected chi connectivity index (χ0v) is 14.8. The summed E-state index contributed by atoms with van der Waals surface area (Å²) >= 11 is 0. The van der Waals surface area contributed by atoms with E-state index < -0.39 is 0 Å². The lowest BCUT2D eigenvalue weighted by Gasteiger charge is -2.37. The van der Waals surface area contributed by atoms with Gasteiger partial charge in [0.15, 0.2) is 5.96 Å². The van der Waals surface area contributed by atoms with Crippen LogP contribution in [0, 0.1) is 5.92 Å². The maximum Gasteiger partial charge on any atom is 0.191 e. The number of nitrogens with zero attached hydrogens (tertiary/aromatic N) is 3. The fraction of sp³-hybridized carbons (Fsp3) is 0.923. The number of hydrogen-bond acceptors (Lipinski definition) is 3. The molecule has 0 radical (unpaired) electrons. The summed E-state index contributed by atoms with van der Waals surface area (Å²) in [5.41, 5.74) is 0. The molecule has 1 aliphatic heterocycles. The smallest absolute Gasteiger partial charge is 0.191 e. The van der Waals surface area contributed by atoms with E-state index in [0.717, 1.165) is 31.5 Å². The van der Waals surface area contributed by atoms with Crippen LogP contribution in [0.15, 0.2) is 4.99 Å². The summed E-state index contributed by atoms with van der Waals surface area (Å²) in [6, 6.07) is 1.20. The molecule has 3 atom stereocenters. The number of piperazine rings is 1. The second-order valence-corrected chi connectivity index (χ2v) is 5.81. The lowest BCUT2D eigenvalue weighted by atomic mass is 10.2. The highest BCUT2D eigenvalue weighted by atomic mass is 127. The first-order valence-corrected chi connectivity index (χ1v) is 6.96. The van der Waals surface area contributed by atoms with Crippen molar-refractivity contribution in [1.82, 2.24) is 20.4 Å². The van der Waals surface area contributed by atoms with E-state index >= 15 is 0 Å². The summed E-state index contributed by atoms with van der Waals surface area (Å²) in [5.74, 6) is 1.75. The van der Waals surface area contributed by atoms with Crippen LogP contribution in [0.2, 0.25) is 0 Å². The molecule has 2 rings (SSSR count). The molecule has 0 spiro atoms. The van der Waals surface area contributed by atoms with Crippen molar-refractivity contribution in [3.63, 3.8) is 0 Å². The molecule has 0 aromatic carbocycles. The number of aliphatic imine (C=N–C) groups is 1. The van der Waals surface area contributed by atoms with Crippen LogP contribution in [-0.2, 0) is 0 Å². The topological polar surface area (TPSA) is 42.9 Å². The number of nitrogens with one attached hydrogen (secondary N) is 2. The standard InChI is InChI=1S/C13H27N5.HI/c1-10-7-12(10)16-13(14-2)15-8-11-9-17(3)5-6-18(11)4;/h10-12H,5-9H2,1-4H3,(H2,14,15,16);1H. The van der Waals surface area contributed by atoms with Crippen LogP contribution < -0.4 is 10.6 Å². The summed E-state index contributed by atoms with van der Waals surface area (Å²) in [7, 11) is 6.25. The molecule has 0 aromatic heterocycles. The normalized spacial score (nSPS) is 32.6. The van der Waals surface area contributed by atoms with Gasteiger partial charge in [0.2, 0.25) is 0 Å². The predicted octanol–water partition coefficient (Wildman–Crippen LogP) is 0.424. The van der Waals surface area contributed by atoms with Gasteiger partial charge in [-0.05, 0) is 26.4 Å². The summed E-state index contributed by atoms with van der Waals surface area (Å²) in [6.07, 6.45) is 1.27. The monoisotopic (exact) mass is 381 g/mol. The molecular weight excluding hydrogens is 353 g/mol. The second kappa shape index (κ2) is 7.64. The van der Waals surface area contributed by atoms with Crippen LogP contribution >= 0.6 is 24.0 Å². The van der Waals surface area contributed by atoms with Crippen LogP contribution in [0.25, 0.3) is 0 Å². The van der Waals surface area contributed by atoms with Crippen molar-refractivity contribution < 1.29 is 0 Å². The zero-order valence-electron chi connectivity index (χ0n) is 12.5. The summed E-state index contributed by atoms with van der Waals surface area (Å²) in [5, 5.41) is 6.92. The average molecular weight is 381 g/mol. The lowest BCUT2D eigenvalue weighted by Crippen LogP contribution is -2.55. The first-order chi connectivity index (χ1) is 8.60. The molecule has 0 bridgehead atoms. The molecule has 2 N–H and O–H groups in total. The fourth-order valence-electron chi connectivity index (χ4n) is 2.43. The van der Waals surface area contributed by atoms with Crippen LogP contribution in [0.5, 0.6) is 0 Å². The third-order valence-electron chi connectivity index (χ3n) is 4.14. The van der Waals surface area contributed by atoms with Crippen molar-refractivity contribution in [2.24, 2.45) is 10.9 Å². The molecule has 2 aliphatic rings. The van der Waals surface area contributed by atoms with Crippen molar-refractivity contribution in [3.8, 4) is 0 Å². The molecule has 1 heterocycles. The number of hydrogen-bond donors (Lipinski definition) is 2. The number of likely N-dealkylation sites (N-methyl/N-ethyl adjacent to an activating group) is 2. The van der Waals surface area contributed by atoms with Gasteiger partial charge in [-0.25, -0.2) is 0 Å². The molecule has 2 fully saturated rings. The minimum absolute atomic E-state index is 0. The van der Waals surface area contributed by atoms with Crippen molar-refractivity contribution in [2.45, 2.75) is 25.4 Å². The van der Waals surface area contributed by atoms with Gasteiger partial charge < -0.3 is 15.5 Å². The van der Waals surface area contributed by atoms with E-state index in [4.69, 9.17) is 0 Å². The van der Waals surface area contributed by atoms with Crippen molar-refractivity contribution in [3.05, 3.63) is 0 Å². The molecule has 6 heteroatoms. The number of halogens is 1. The van der Waals surface area contributed by atoms with E-state index in [2.05, 4.69) is 46.4 Å². The maximum atomic E-state index is 4.29. The third-order valence-corrected chi connectivity index (χ3v) is 4.14. The molecule has 1 aliphatic carbocycles. The van der Waals surface area contributed by atoms with Gasteiger partial charge in [-0.2, -0.15) is 0 Å². The highest BCUT2D eigenvalue weighted by Crippen LogP contribution is 2.28. The van der Waals surface area contributed by atoms with Crippen LogP contribution in [0.4, 0.5) is 0 Å².